The van der Waals surface area contributed by atoms with Crippen LogP contribution in [0.3, 0.4) is 0 Å². The van der Waals surface area contributed by atoms with Crippen LogP contribution >= 0.6 is 15.9 Å². The van der Waals surface area contributed by atoms with E-state index in [1.165, 1.54) is 11.6 Å². The van der Waals surface area contributed by atoms with E-state index in [-0.39, 0.29) is 11.9 Å². The number of anilines is 1. The molecule has 0 fully saturated rings. The monoisotopic (exact) mass is 307 g/mol. The minimum atomic E-state index is -0.171. The quantitative estimate of drug-likeness (QED) is 0.834. The lowest BCUT2D eigenvalue weighted by atomic mass is 10.1. The van der Waals surface area contributed by atoms with Crippen molar-refractivity contribution in [3.05, 3.63) is 63.9 Å². The number of nitrogens with one attached hydrogen (secondary N) is 1. The van der Waals surface area contributed by atoms with Gasteiger partial charge in [-0.25, -0.2) is 4.39 Å². The zero-order chi connectivity index (χ0) is 13.1. The lowest BCUT2D eigenvalue weighted by Crippen LogP contribution is -2.06. The highest BCUT2D eigenvalue weighted by molar-refractivity contribution is 9.10. The van der Waals surface area contributed by atoms with Crippen LogP contribution in [0.15, 0.2) is 46.9 Å². The van der Waals surface area contributed by atoms with Crippen molar-refractivity contribution >= 4 is 21.6 Å². The molecule has 0 aliphatic rings. The van der Waals surface area contributed by atoms with Crippen molar-refractivity contribution in [1.29, 1.82) is 0 Å². The maximum Gasteiger partial charge on any atom is 0.126 e. The van der Waals surface area contributed by atoms with Crippen LogP contribution in [0.4, 0.5) is 10.1 Å². The first-order valence-electron chi connectivity index (χ1n) is 5.84. The standard InChI is InChI=1S/C15H15BrFN/c1-10-8-14(6-7-15(10)17)18-11(2)12-4-3-5-13(16)9-12/h3-9,11,18H,1-2H3. The Morgan fingerprint density at radius 3 is 2.61 bits per heavy atom. The van der Waals surface area contributed by atoms with Gasteiger partial charge in [-0.05, 0) is 55.3 Å². The van der Waals surface area contributed by atoms with E-state index in [1.54, 1.807) is 13.0 Å². The van der Waals surface area contributed by atoms with Gasteiger partial charge in [0.25, 0.3) is 0 Å². The Balaban J connectivity index is 2.16. The number of hydrogen-bond acceptors (Lipinski definition) is 1. The smallest absolute Gasteiger partial charge is 0.126 e. The molecule has 0 amide bonds. The largest absolute Gasteiger partial charge is 0.379 e. The van der Waals surface area contributed by atoms with Crippen molar-refractivity contribution in [2.45, 2.75) is 19.9 Å². The van der Waals surface area contributed by atoms with E-state index < -0.39 is 0 Å². The molecule has 0 aliphatic carbocycles. The Morgan fingerprint density at radius 1 is 1.17 bits per heavy atom. The molecule has 1 unspecified atom stereocenters. The molecule has 2 rings (SSSR count). The predicted octanol–water partition coefficient (Wildman–Crippen LogP) is 5.07. The minimum Gasteiger partial charge on any atom is -0.379 e. The van der Waals surface area contributed by atoms with Gasteiger partial charge in [0.1, 0.15) is 5.82 Å². The number of rotatable bonds is 3. The van der Waals surface area contributed by atoms with Crippen LogP contribution in [0.2, 0.25) is 0 Å². The maximum atomic E-state index is 13.2. The van der Waals surface area contributed by atoms with E-state index in [1.807, 2.05) is 18.2 Å². The van der Waals surface area contributed by atoms with E-state index in [9.17, 15) is 4.39 Å². The highest BCUT2D eigenvalue weighted by atomic mass is 79.9. The molecule has 0 aliphatic heterocycles. The molecule has 1 atom stereocenters. The third-order valence-corrected chi connectivity index (χ3v) is 3.38. The molecule has 0 radical (unpaired) electrons. The Morgan fingerprint density at radius 2 is 1.94 bits per heavy atom. The molecule has 0 heterocycles. The van der Waals surface area contributed by atoms with Crippen molar-refractivity contribution in [2.75, 3.05) is 5.32 Å². The molecule has 18 heavy (non-hydrogen) atoms. The van der Waals surface area contributed by atoms with E-state index in [4.69, 9.17) is 0 Å². The Kier molecular flexibility index (Phi) is 4.02. The molecule has 0 bridgehead atoms. The fourth-order valence-corrected chi connectivity index (χ4v) is 2.26. The summed E-state index contributed by atoms with van der Waals surface area (Å²) >= 11 is 3.46. The third-order valence-electron chi connectivity index (χ3n) is 2.89. The first kappa shape index (κ1) is 13.1. The van der Waals surface area contributed by atoms with E-state index in [0.717, 1.165) is 10.2 Å². The summed E-state index contributed by atoms with van der Waals surface area (Å²) in [4.78, 5) is 0. The van der Waals surface area contributed by atoms with Crippen LogP contribution in [0.1, 0.15) is 24.1 Å². The van der Waals surface area contributed by atoms with Crippen molar-refractivity contribution < 1.29 is 4.39 Å². The van der Waals surface area contributed by atoms with E-state index >= 15 is 0 Å². The van der Waals surface area contributed by atoms with Gasteiger partial charge in [0.05, 0.1) is 0 Å². The molecule has 2 aromatic carbocycles. The highest BCUT2D eigenvalue weighted by Gasteiger charge is 2.06. The second-order valence-corrected chi connectivity index (χ2v) is 5.30. The van der Waals surface area contributed by atoms with Crippen LogP contribution in [-0.2, 0) is 0 Å². The van der Waals surface area contributed by atoms with Gasteiger partial charge in [0.2, 0.25) is 0 Å². The first-order chi connectivity index (χ1) is 8.56. The Labute approximate surface area is 115 Å². The van der Waals surface area contributed by atoms with Gasteiger partial charge in [-0.1, -0.05) is 28.1 Å². The van der Waals surface area contributed by atoms with Crippen molar-refractivity contribution in [1.82, 2.24) is 0 Å². The zero-order valence-corrected chi connectivity index (χ0v) is 12.0. The second kappa shape index (κ2) is 5.53. The van der Waals surface area contributed by atoms with Crippen LogP contribution in [0.25, 0.3) is 0 Å². The van der Waals surface area contributed by atoms with Crippen LogP contribution < -0.4 is 5.32 Å². The molecule has 94 valence electrons. The highest BCUT2D eigenvalue weighted by Crippen LogP contribution is 2.23. The second-order valence-electron chi connectivity index (χ2n) is 4.38. The molecule has 2 aromatic rings. The number of hydrogen-bond donors (Lipinski definition) is 1. The Bertz CT molecular complexity index is 554. The van der Waals surface area contributed by atoms with Gasteiger partial charge in [-0.15, -0.1) is 0 Å². The van der Waals surface area contributed by atoms with Gasteiger partial charge in [-0.3, -0.25) is 0 Å². The number of aryl methyl sites for hydroxylation is 1. The van der Waals surface area contributed by atoms with E-state index in [0.29, 0.717) is 5.56 Å². The first-order valence-corrected chi connectivity index (χ1v) is 6.64. The zero-order valence-electron chi connectivity index (χ0n) is 10.4. The summed E-state index contributed by atoms with van der Waals surface area (Å²) in [5.74, 6) is -0.171. The lowest BCUT2D eigenvalue weighted by molar-refractivity contribution is 0.618. The summed E-state index contributed by atoms with van der Waals surface area (Å²) in [6, 6.07) is 13.4. The average Bonchev–Trinajstić information content (AvgIpc) is 2.34. The molecule has 0 aromatic heterocycles. The average molecular weight is 308 g/mol. The van der Waals surface area contributed by atoms with E-state index in [2.05, 4.69) is 40.3 Å². The Hall–Kier alpha value is -1.35. The summed E-state index contributed by atoms with van der Waals surface area (Å²) < 4.78 is 14.2. The summed E-state index contributed by atoms with van der Waals surface area (Å²) in [7, 11) is 0. The molecular weight excluding hydrogens is 293 g/mol. The summed E-state index contributed by atoms with van der Waals surface area (Å²) in [6.45, 7) is 3.85. The van der Waals surface area contributed by atoms with Gasteiger partial charge in [-0.2, -0.15) is 0 Å². The molecule has 0 saturated carbocycles. The fourth-order valence-electron chi connectivity index (χ4n) is 1.84. The summed E-state index contributed by atoms with van der Waals surface area (Å²) in [6.07, 6.45) is 0. The van der Waals surface area contributed by atoms with Crippen LogP contribution in [-0.4, -0.2) is 0 Å². The lowest BCUT2D eigenvalue weighted by Gasteiger charge is -2.16. The molecule has 0 saturated heterocycles. The number of benzene rings is 2. The van der Waals surface area contributed by atoms with Crippen LogP contribution in [0.5, 0.6) is 0 Å². The van der Waals surface area contributed by atoms with Crippen LogP contribution in [0, 0.1) is 12.7 Å². The fraction of sp³-hybridized carbons (Fsp3) is 0.200. The number of halogens is 2. The summed E-state index contributed by atoms with van der Waals surface area (Å²) in [5, 5.41) is 3.37. The third kappa shape index (κ3) is 3.10. The van der Waals surface area contributed by atoms with Gasteiger partial charge in [0.15, 0.2) is 0 Å². The van der Waals surface area contributed by atoms with Gasteiger partial charge < -0.3 is 5.32 Å². The predicted molar refractivity (Wildman–Crippen MR) is 77.3 cm³/mol. The molecule has 1 N–H and O–H groups in total. The molecule has 1 nitrogen and oxygen atoms in total. The van der Waals surface area contributed by atoms with Crippen molar-refractivity contribution in [2.24, 2.45) is 0 Å². The summed E-state index contributed by atoms with van der Waals surface area (Å²) in [5.41, 5.74) is 2.77. The minimum absolute atomic E-state index is 0.171. The SMILES string of the molecule is Cc1cc(NC(C)c2cccc(Br)c2)ccc1F. The van der Waals surface area contributed by atoms with Crippen molar-refractivity contribution in [3.63, 3.8) is 0 Å². The normalized spacial score (nSPS) is 12.2. The molecule has 3 heteroatoms. The van der Waals surface area contributed by atoms with Gasteiger partial charge in [0, 0.05) is 16.2 Å². The van der Waals surface area contributed by atoms with Gasteiger partial charge >= 0.3 is 0 Å². The van der Waals surface area contributed by atoms with Crippen molar-refractivity contribution in [3.8, 4) is 0 Å². The molecular formula is C15H15BrFN. The molecule has 0 spiro atoms. The topological polar surface area (TPSA) is 12.0 Å². The maximum absolute atomic E-state index is 13.2.